The molecule has 0 spiro atoms. The van der Waals surface area contributed by atoms with Crippen molar-refractivity contribution in [1.82, 2.24) is 10.4 Å². The molecule has 50 valence electrons. The summed E-state index contributed by atoms with van der Waals surface area (Å²) in [4.78, 5) is 0. The highest BCUT2D eigenvalue weighted by molar-refractivity contribution is 7.81. The molecule has 1 heterocycles. The summed E-state index contributed by atoms with van der Waals surface area (Å²) in [6.45, 7) is 0. The third-order valence-electron chi connectivity index (χ3n) is 1.18. The smallest absolute Gasteiger partial charge is 0.106 e. The molecule has 0 aromatic rings. The number of hydrogen-bond acceptors (Lipinski definition) is 3. The van der Waals surface area contributed by atoms with E-state index < -0.39 is 0 Å². The zero-order valence-electron chi connectivity index (χ0n) is 5.28. The first-order valence-electron chi connectivity index (χ1n) is 2.83. The van der Waals surface area contributed by atoms with Gasteiger partial charge in [-0.3, -0.25) is 5.01 Å². The van der Waals surface area contributed by atoms with E-state index in [4.69, 9.17) is 0 Å². The fraction of sp³-hybridized carbons (Fsp3) is 0.333. The van der Waals surface area contributed by atoms with Crippen molar-refractivity contribution in [3.8, 4) is 0 Å². The predicted octanol–water partition coefficient (Wildman–Crippen LogP) is 0.762. The van der Waals surface area contributed by atoms with E-state index in [1.54, 1.807) is 0 Å². The lowest BCUT2D eigenvalue weighted by atomic mass is 10.4. The van der Waals surface area contributed by atoms with E-state index in [0.29, 0.717) is 0 Å². The average Bonchev–Trinajstić information content (AvgIpc) is 1.89. The number of nitrogens with one attached hydrogen (secondary N) is 1. The third kappa shape index (κ3) is 1.50. The van der Waals surface area contributed by atoms with Crippen LogP contribution in [0.15, 0.2) is 24.4 Å². The number of thiol groups is 1. The van der Waals surface area contributed by atoms with Crippen LogP contribution in [0.1, 0.15) is 0 Å². The van der Waals surface area contributed by atoms with Crippen molar-refractivity contribution in [2.24, 2.45) is 0 Å². The summed E-state index contributed by atoms with van der Waals surface area (Å²) in [7, 11) is 1.87. The van der Waals surface area contributed by atoms with E-state index in [1.807, 2.05) is 36.5 Å². The Labute approximate surface area is 60.6 Å². The Kier molecular flexibility index (Phi) is 2.19. The molecule has 0 aliphatic carbocycles. The SMILES string of the molecule is CNN1C=CC=CC1S. The highest BCUT2D eigenvalue weighted by Crippen LogP contribution is 2.07. The molecule has 0 saturated carbocycles. The molecule has 0 fully saturated rings. The molecule has 0 radical (unpaired) electrons. The maximum absolute atomic E-state index is 4.26. The zero-order valence-corrected chi connectivity index (χ0v) is 6.18. The summed E-state index contributed by atoms with van der Waals surface area (Å²) in [5.41, 5.74) is 2.97. The van der Waals surface area contributed by atoms with E-state index in [0.717, 1.165) is 0 Å². The van der Waals surface area contributed by atoms with Crippen molar-refractivity contribution in [2.75, 3.05) is 7.05 Å². The molecule has 1 N–H and O–H groups in total. The summed E-state index contributed by atoms with van der Waals surface area (Å²) in [5, 5.41) is 2.07. The van der Waals surface area contributed by atoms with Gasteiger partial charge in [-0.1, -0.05) is 12.2 Å². The molecule has 9 heavy (non-hydrogen) atoms. The maximum Gasteiger partial charge on any atom is 0.106 e. The van der Waals surface area contributed by atoms with Gasteiger partial charge in [0.25, 0.3) is 0 Å². The van der Waals surface area contributed by atoms with Crippen LogP contribution in [-0.4, -0.2) is 17.4 Å². The maximum atomic E-state index is 4.26. The topological polar surface area (TPSA) is 15.3 Å². The molecule has 0 amide bonds. The summed E-state index contributed by atoms with van der Waals surface area (Å²) in [6, 6.07) is 0. The molecule has 1 rings (SSSR count). The fourth-order valence-corrected chi connectivity index (χ4v) is 0.985. The fourth-order valence-electron chi connectivity index (χ4n) is 0.694. The van der Waals surface area contributed by atoms with Crippen molar-refractivity contribution in [3.63, 3.8) is 0 Å². The molecule has 0 aromatic carbocycles. The third-order valence-corrected chi connectivity index (χ3v) is 1.61. The monoisotopic (exact) mass is 142 g/mol. The van der Waals surface area contributed by atoms with Crippen molar-refractivity contribution in [1.29, 1.82) is 0 Å². The Bertz CT molecular complexity index is 142. The lowest BCUT2D eigenvalue weighted by Gasteiger charge is -2.24. The first kappa shape index (κ1) is 6.71. The zero-order chi connectivity index (χ0) is 6.69. The van der Waals surface area contributed by atoms with Gasteiger partial charge in [0.15, 0.2) is 0 Å². The van der Waals surface area contributed by atoms with Gasteiger partial charge in [0.2, 0.25) is 0 Å². The Hall–Kier alpha value is -0.410. The quantitative estimate of drug-likeness (QED) is 0.526. The summed E-state index contributed by atoms with van der Waals surface area (Å²) >= 11 is 4.26. The van der Waals surface area contributed by atoms with Gasteiger partial charge in [-0.25, -0.2) is 5.43 Å². The van der Waals surface area contributed by atoms with Crippen molar-refractivity contribution < 1.29 is 0 Å². The minimum absolute atomic E-state index is 0.167. The van der Waals surface area contributed by atoms with Gasteiger partial charge in [-0.15, -0.1) is 12.6 Å². The minimum atomic E-state index is 0.167. The van der Waals surface area contributed by atoms with Gasteiger partial charge in [0.1, 0.15) is 5.37 Å². The summed E-state index contributed by atoms with van der Waals surface area (Å²) < 4.78 is 0. The van der Waals surface area contributed by atoms with Crippen molar-refractivity contribution >= 4 is 12.6 Å². The second-order valence-electron chi connectivity index (χ2n) is 1.77. The van der Waals surface area contributed by atoms with Crippen LogP contribution in [0.4, 0.5) is 0 Å². The number of allylic oxidation sites excluding steroid dienone is 2. The Morgan fingerprint density at radius 2 is 2.33 bits per heavy atom. The summed E-state index contributed by atoms with van der Waals surface area (Å²) in [5.74, 6) is 0. The lowest BCUT2D eigenvalue weighted by Crippen LogP contribution is -2.36. The molecule has 3 heteroatoms. The van der Waals surface area contributed by atoms with Crippen LogP contribution in [0, 0.1) is 0 Å². The van der Waals surface area contributed by atoms with E-state index in [-0.39, 0.29) is 5.37 Å². The van der Waals surface area contributed by atoms with E-state index in [1.165, 1.54) is 0 Å². The number of hydrazine groups is 1. The molecular weight excluding hydrogens is 132 g/mol. The molecule has 0 saturated heterocycles. The first-order chi connectivity index (χ1) is 4.34. The van der Waals surface area contributed by atoms with Gasteiger partial charge in [0, 0.05) is 13.2 Å². The molecule has 0 aromatic heterocycles. The Balaban J connectivity index is 2.55. The number of nitrogens with zero attached hydrogens (tertiary/aromatic N) is 1. The van der Waals surface area contributed by atoms with Crippen LogP contribution in [-0.2, 0) is 0 Å². The van der Waals surface area contributed by atoms with Crippen LogP contribution in [0.3, 0.4) is 0 Å². The van der Waals surface area contributed by atoms with Gasteiger partial charge < -0.3 is 0 Å². The van der Waals surface area contributed by atoms with Gasteiger partial charge in [-0.05, 0) is 6.08 Å². The second-order valence-corrected chi connectivity index (χ2v) is 2.30. The standard InChI is InChI=1S/C6H10N2S/c1-7-8-5-3-2-4-6(8)9/h2-7,9H,1H3. The molecule has 1 aliphatic heterocycles. The molecule has 1 unspecified atom stereocenters. The second kappa shape index (κ2) is 2.94. The van der Waals surface area contributed by atoms with Crippen LogP contribution < -0.4 is 5.43 Å². The van der Waals surface area contributed by atoms with E-state index >= 15 is 0 Å². The number of rotatable bonds is 1. The molecule has 1 aliphatic rings. The van der Waals surface area contributed by atoms with Crippen molar-refractivity contribution in [3.05, 3.63) is 24.4 Å². The van der Waals surface area contributed by atoms with Gasteiger partial charge in [-0.2, -0.15) is 0 Å². The van der Waals surface area contributed by atoms with Crippen LogP contribution in [0.2, 0.25) is 0 Å². The first-order valence-corrected chi connectivity index (χ1v) is 3.35. The highest BCUT2D eigenvalue weighted by atomic mass is 32.1. The van der Waals surface area contributed by atoms with Gasteiger partial charge in [0.05, 0.1) is 0 Å². The highest BCUT2D eigenvalue weighted by Gasteiger charge is 2.05. The number of hydrogen-bond donors (Lipinski definition) is 2. The van der Waals surface area contributed by atoms with Crippen LogP contribution in [0.25, 0.3) is 0 Å². The van der Waals surface area contributed by atoms with E-state index in [9.17, 15) is 0 Å². The van der Waals surface area contributed by atoms with Crippen LogP contribution >= 0.6 is 12.6 Å². The predicted molar refractivity (Wildman–Crippen MR) is 42.0 cm³/mol. The molecule has 1 atom stereocenters. The molecule has 0 bridgehead atoms. The Morgan fingerprint density at radius 3 is 2.78 bits per heavy atom. The average molecular weight is 142 g/mol. The normalized spacial score (nSPS) is 25.1. The molecular formula is C6H10N2S. The molecule has 2 nitrogen and oxygen atoms in total. The van der Waals surface area contributed by atoms with Crippen molar-refractivity contribution in [2.45, 2.75) is 5.37 Å². The van der Waals surface area contributed by atoms with Gasteiger partial charge >= 0.3 is 0 Å². The van der Waals surface area contributed by atoms with E-state index in [2.05, 4.69) is 18.1 Å². The summed E-state index contributed by atoms with van der Waals surface area (Å²) in [6.07, 6.45) is 7.88. The lowest BCUT2D eigenvalue weighted by molar-refractivity contribution is 0.307. The largest absolute Gasteiger partial charge is 0.299 e. The minimum Gasteiger partial charge on any atom is -0.299 e. The Morgan fingerprint density at radius 1 is 1.56 bits per heavy atom. The van der Waals surface area contributed by atoms with Crippen LogP contribution in [0.5, 0.6) is 0 Å².